The molecule has 1 aromatic rings. The zero-order valence-corrected chi connectivity index (χ0v) is 9.16. The lowest BCUT2D eigenvalue weighted by Crippen LogP contribution is -2.33. The van der Waals surface area contributed by atoms with Crippen molar-refractivity contribution >= 4 is 17.5 Å². The van der Waals surface area contributed by atoms with Crippen molar-refractivity contribution in [1.29, 1.82) is 0 Å². The summed E-state index contributed by atoms with van der Waals surface area (Å²) >= 11 is 5.60. The molecule has 0 radical (unpaired) electrons. The first-order valence-electron chi connectivity index (χ1n) is 4.66. The summed E-state index contributed by atoms with van der Waals surface area (Å²) in [7, 11) is 0. The standard InChI is InChI=1S/C10H13ClN2O2/c1-7(4-5-14)13-10(15)8-2-3-9(11)12-6-8/h2-3,6-7,14H,4-5H2,1H3,(H,13,15). The number of carbonyl (C=O) groups excluding carboxylic acids is 1. The van der Waals surface area contributed by atoms with E-state index in [-0.39, 0.29) is 18.6 Å². The average molecular weight is 229 g/mol. The first-order valence-corrected chi connectivity index (χ1v) is 5.04. The van der Waals surface area contributed by atoms with E-state index < -0.39 is 0 Å². The van der Waals surface area contributed by atoms with Crippen molar-refractivity contribution in [3.05, 3.63) is 29.0 Å². The maximum atomic E-state index is 11.6. The second kappa shape index (κ2) is 5.68. The Labute approximate surface area is 93.3 Å². The van der Waals surface area contributed by atoms with Gasteiger partial charge >= 0.3 is 0 Å². The molecule has 0 saturated heterocycles. The number of carbonyl (C=O) groups is 1. The van der Waals surface area contributed by atoms with Crippen LogP contribution in [0.2, 0.25) is 5.15 Å². The molecule has 0 aliphatic carbocycles. The molecule has 1 rings (SSSR count). The number of nitrogens with zero attached hydrogens (tertiary/aromatic N) is 1. The van der Waals surface area contributed by atoms with E-state index in [2.05, 4.69) is 10.3 Å². The predicted octanol–water partition coefficient (Wildman–Crippen LogP) is 1.24. The Morgan fingerprint density at radius 1 is 1.67 bits per heavy atom. The Kier molecular flexibility index (Phi) is 4.52. The van der Waals surface area contributed by atoms with E-state index in [1.165, 1.54) is 6.20 Å². The molecule has 0 aliphatic heterocycles. The smallest absolute Gasteiger partial charge is 0.253 e. The van der Waals surface area contributed by atoms with Crippen LogP contribution in [0.3, 0.4) is 0 Å². The van der Waals surface area contributed by atoms with Gasteiger partial charge in [0.1, 0.15) is 5.15 Å². The summed E-state index contributed by atoms with van der Waals surface area (Å²) in [5.41, 5.74) is 0.462. The molecule has 0 saturated carbocycles. The Morgan fingerprint density at radius 3 is 2.93 bits per heavy atom. The van der Waals surface area contributed by atoms with Gasteiger partial charge in [-0.15, -0.1) is 0 Å². The molecule has 1 unspecified atom stereocenters. The molecule has 15 heavy (non-hydrogen) atoms. The molecular weight excluding hydrogens is 216 g/mol. The highest BCUT2D eigenvalue weighted by atomic mass is 35.5. The number of aromatic nitrogens is 1. The van der Waals surface area contributed by atoms with E-state index in [1.807, 2.05) is 6.92 Å². The minimum atomic E-state index is -0.208. The number of amides is 1. The van der Waals surface area contributed by atoms with Crippen molar-refractivity contribution in [2.24, 2.45) is 0 Å². The molecule has 0 bridgehead atoms. The minimum absolute atomic E-state index is 0.0559. The van der Waals surface area contributed by atoms with E-state index in [0.29, 0.717) is 17.1 Å². The van der Waals surface area contributed by atoms with Crippen molar-refractivity contribution in [2.45, 2.75) is 19.4 Å². The van der Waals surface area contributed by atoms with Crippen LogP contribution in [0.25, 0.3) is 0 Å². The van der Waals surface area contributed by atoms with E-state index in [0.717, 1.165) is 0 Å². The summed E-state index contributed by atoms with van der Waals surface area (Å²) in [5.74, 6) is -0.208. The molecule has 0 aromatic carbocycles. The summed E-state index contributed by atoms with van der Waals surface area (Å²) in [4.78, 5) is 15.4. The highest BCUT2D eigenvalue weighted by Gasteiger charge is 2.09. The summed E-state index contributed by atoms with van der Waals surface area (Å²) in [6.07, 6.45) is 1.95. The Bertz CT molecular complexity index is 327. The third-order valence-electron chi connectivity index (χ3n) is 1.93. The molecule has 5 heteroatoms. The fourth-order valence-electron chi connectivity index (χ4n) is 1.08. The van der Waals surface area contributed by atoms with E-state index in [1.54, 1.807) is 12.1 Å². The lowest BCUT2D eigenvalue weighted by molar-refractivity contribution is 0.0934. The van der Waals surface area contributed by atoms with Gasteiger partial charge in [0.15, 0.2) is 0 Å². The largest absolute Gasteiger partial charge is 0.396 e. The first-order chi connectivity index (χ1) is 7.13. The zero-order valence-electron chi connectivity index (χ0n) is 8.40. The van der Waals surface area contributed by atoms with Crippen LogP contribution in [0.15, 0.2) is 18.3 Å². The molecule has 1 heterocycles. The summed E-state index contributed by atoms with van der Waals surface area (Å²) in [6, 6.07) is 3.11. The van der Waals surface area contributed by atoms with Crippen LogP contribution >= 0.6 is 11.6 Å². The van der Waals surface area contributed by atoms with Crippen molar-refractivity contribution < 1.29 is 9.90 Å². The summed E-state index contributed by atoms with van der Waals surface area (Å²) in [5, 5.41) is 11.8. The molecule has 4 nitrogen and oxygen atoms in total. The molecule has 2 N–H and O–H groups in total. The van der Waals surface area contributed by atoms with Gasteiger partial charge in [0.05, 0.1) is 5.56 Å². The molecule has 1 atom stereocenters. The van der Waals surface area contributed by atoms with Crippen molar-refractivity contribution in [1.82, 2.24) is 10.3 Å². The third kappa shape index (κ3) is 3.85. The second-order valence-electron chi connectivity index (χ2n) is 3.26. The van der Waals surface area contributed by atoms with Gasteiger partial charge in [-0.05, 0) is 25.5 Å². The normalized spacial score (nSPS) is 12.2. The van der Waals surface area contributed by atoms with Crippen LogP contribution < -0.4 is 5.32 Å². The highest BCUT2D eigenvalue weighted by Crippen LogP contribution is 2.05. The van der Waals surface area contributed by atoms with Crippen LogP contribution in [-0.2, 0) is 0 Å². The zero-order chi connectivity index (χ0) is 11.3. The monoisotopic (exact) mass is 228 g/mol. The van der Waals surface area contributed by atoms with Gasteiger partial charge in [-0.2, -0.15) is 0 Å². The third-order valence-corrected chi connectivity index (χ3v) is 2.15. The van der Waals surface area contributed by atoms with Crippen molar-refractivity contribution in [3.8, 4) is 0 Å². The van der Waals surface area contributed by atoms with E-state index in [9.17, 15) is 4.79 Å². The highest BCUT2D eigenvalue weighted by molar-refractivity contribution is 6.29. The molecule has 82 valence electrons. The maximum Gasteiger partial charge on any atom is 0.253 e. The van der Waals surface area contributed by atoms with Gasteiger partial charge in [0, 0.05) is 18.8 Å². The number of aliphatic hydroxyl groups excluding tert-OH is 1. The maximum absolute atomic E-state index is 11.6. The van der Waals surface area contributed by atoms with Crippen molar-refractivity contribution in [2.75, 3.05) is 6.61 Å². The molecule has 0 spiro atoms. The van der Waals surface area contributed by atoms with Crippen LogP contribution in [-0.4, -0.2) is 28.6 Å². The average Bonchev–Trinajstić information content (AvgIpc) is 2.18. The Balaban J connectivity index is 2.57. The van der Waals surface area contributed by atoms with Gasteiger partial charge in [0.25, 0.3) is 5.91 Å². The van der Waals surface area contributed by atoms with Gasteiger partial charge in [-0.1, -0.05) is 11.6 Å². The van der Waals surface area contributed by atoms with Crippen molar-refractivity contribution in [3.63, 3.8) is 0 Å². The van der Waals surface area contributed by atoms with Crippen LogP contribution in [0.4, 0.5) is 0 Å². The number of pyridine rings is 1. The fraction of sp³-hybridized carbons (Fsp3) is 0.400. The summed E-state index contributed by atoms with van der Waals surface area (Å²) < 4.78 is 0. The molecule has 0 aliphatic rings. The SMILES string of the molecule is CC(CCO)NC(=O)c1ccc(Cl)nc1. The quantitative estimate of drug-likeness (QED) is 0.763. The topological polar surface area (TPSA) is 62.2 Å². The minimum Gasteiger partial charge on any atom is -0.396 e. The Hall–Kier alpha value is -1.13. The number of aliphatic hydroxyl groups is 1. The number of rotatable bonds is 4. The van der Waals surface area contributed by atoms with Crippen LogP contribution in [0.5, 0.6) is 0 Å². The van der Waals surface area contributed by atoms with Gasteiger partial charge in [-0.25, -0.2) is 4.98 Å². The van der Waals surface area contributed by atoms with E-state index in [4.69, 9.17) is 16.7 Å². The lowest BCUT2D eigenvalue weighted by Gasteiger charge is -2.11. The summed E-state index contributed by atoms with van der Waals surface area (Å²) in [6.45, 7) is 1.89. The lowest BCUT2D eigenvalue weighted by atomic mass is 10.2. The Morgan fingerprint density at radius 2 is 2.40 bits per heavy atom. The number of halogens is 1. The van der Waals surface area contributed by atoms with Gasteiger partial charge < -0.3 is 10.4 Å². The molecule has 0 fully saturated rings. The predicted molar refractivity (Wildman–Crippen MR) is 57.9 cm³/mol. The van der Waals surface area contributed by atoms with Gasteiger partial charge in [0.2, 0.25) is 0 Å². The number of hydrogen-bond acceptors (Lipinski definition) is 3. The van der Waals surface area contributed by atoms with Crippen LogP contribution in [0.1, 0.15) is 23.7 Å². The molecule has 1 aromatic heterocycles. The number of nitrogens with one attached hydrogen (secondary N) is 1. The fourth-order valence-corrected chi connectivity index (χ4v) is 1.19. The first kappa shape index (κ1) is 11.9. The number of hydrogen-bond donors (Lipinski definition) is 2. The molecular formula is C10H13ClN2O2. The van der Waals surface area contributed by atoms with Crippen LogP contribution in [0, 0.1) is 0 Å². The second-order valence-corrected chi connectivity index (χ2v) is 3.64. The molecule has 1 amide bonds. The van der Waals surface area contributed by atoms with E-state index >= 15 is 0 Å². The van der Waals surface area contributed by atoms with Gasteiger partial charge in [-0.3, -0.25) is 4.79 Å².